The second-order valence-corrected chi connectivity index (χ2v) is 11.6. The summed E-state index contributed by atoms with van der Waals surface area (Å²) in [6.07, 6.45) is 4.69. The lowest BCUT2D eigenvalue weighted by molar-refractivity contribution is -0.136. The largest absolute Gasteiger partial charge is 0.483 e. The van der Waals surface area contributed by atoms with Crippen molar-refractivity contribution in [2.24, 2.45) is 0 Å². The monoisotopic (exact) mass is 450 g/mol. The molecule has 1 saturated heterocycles. The minimum atomic E-state index is -3.44. The van der Waals surface area contributed by atoms with Crippen LogP contribution in [0.25, 0.3) is 0 Å². The Morgan fingerprint density at radius 2 is 1.87 bits per heavy atom. The number of hydrogen-bond acceptors (Lipinski definition) is 5. The van der Waals surface area contributed by atoms with Gasteiger partial charge in [-0.1, -0.05) is 12.1 Å². The third-order valence-electron chi connectivity index (χ3n) is 7.02. The fourth-order valence-electron chi connectivity index (χ4n) is 5.13. The van der Waals surface area contributed by atoms with E-state index in [9.17, 15) is 13.2 Å². The first-order valence-corrected chi connectivity index (χ1v) is 13.0. The lowest BCUT2D eigenvalue weighted by Gasteiger charge is -2.32. The quantitative estimate of drug-likeness (QED) is 0.765. The van der Waals surface area contributed by atoms with Crippen molar-refractivity contribution >= 4 is 15.9 Å². The highest BCUT2D eigenvalue weighted by molar-refractivity contribution is 7.90. The van der Waals surface area contributed by atoms with Crippen molar-refractivity contribution in [1.29, 1.82) is 0 Å². The van der Waals surface area contributed by atoms with Crippen molar-refractivity contribution in [3.8, 4) is 5.75 Å². The highest BCUT2D eigenvalue weighted by atomic mass is 32.2. The van der Waals surface area contributed by atoms with Crippen LogP contribution in [0.4, 0.5) is 0 Å². The zero-order chi connectivity index (χ0) is 22.2. The minimum absolute atomic E-state index is 0.0489. The van der Waals surface area contributed by atoms with Crippen molar-refractivity contribution in [1.82, 2.24) is 9.62 Å². The Labute approximate surface area is 185 Å². The number of hydrogen-bond donors (Lipinski definition) is 1. The third kappa shape index (κ3) is 4.76. The number of aryl methyl sites for hydroxylation is 1. The lowest BCUT2D eigenvalue weighted by Crippen LogP contribution is -2.51. The average molecular weight is 451 g/mol. The fraction of sp³-hybridized carbons (Fsp3) is 0.696. The summed E-state index contributed by atoms with van der Waals surface area (Å²) in [6.45, 7) is 6.22. The van der Waals surface area contributed by atoms with Crippen molar-refractivity contribution < 1.29 is 22.7 Å². The van der Waals surface area contributed by atoms with E-state index in [2.05, 4.69) is 17.7 Å². The van der Waals surface area contributed by atoms with Gasteiger partial charge in [-0.3, -0.25) is 4.79 Å². The van der Waals surface area contributed by atoms with Crippen LogP contribution in [-0.4, -0.2) is 62.4 Å². The molecular formula is C23H34N2O5S. The van der Waals surface area contributed by atoms with E-state index in [1.807, 2.05) is 12.1 Å². The van der Waals surface area contributed by atoms with Crippen LogP contribution in [0, 0.1) is 6.92 Å². The second kappa shape index (κ2) is 9.08. The predicted octanol–water partition coefficient (Wildman–Crippen LogP) is 2.73. The smallest absolute Gasteiger partial charge is 0.260 e. The second-order valence-electron chi connectivity index (χ2n) is 9.34. The summed E-state index contributed by atoms with van der Waals surface area (Å²) in [5.74, 6) is 1.08. The van der Waals surface area contributed by atoms with Gasteiger partial charge in [-0.2, -0.15) is 0 Å². The van der Waals surface area contributed by atoms with Gasteiger partial charge in [0, 0.05) is 18.2 Å². The molecular weight excluding hydrogens is 416 g/mol. The van der Waals surface area contributed by atoms with Crippen molar-refractivity contribution in [2.75, 3.05) is 19.8 Å². The van der Waals surface area contributed by atoms with E-state index >= 15 is 0 Å². The fourth-order valence-corrected chi connectivity index (χ4v) is 6.10. The maximum Gasteiger partial charge on any atom is 0.260 e. The van der Waals surface area contributed by atoms with Gasteiger partial charge < -0.3 is 14.4 Å². The van der Waals surface area contributed by atoms with E-state index < -0.39 is 15.3 Å². The van der Waals surface area contributed by atoms with Gasteiger partial charge in [0.2, 0.25) is 10.0 Å². The van der Waals surface area contributed by atoms with Gasteiger partial charge in [0.05, 0.1) is 24.0 Å². The maximum atomic E-state index is 13.1. The molecule has 1 aromatic rings. The van der Waals surface area contributed by atoms with Gasteiger partial charge in [0.15, 0.2) is 6.61 Å². The predicted molar refractivity (Wildman–Crippen MR) is 119 cm³/mol. The third-order valence-corrected chi connectivity index (χ3v) is 8.90. The molecule has 1 N–H and O–H groups in total. The van der Waals surface area contributed by atoms with Crippen LogP contribution in [0.1, 0.15) is 63.0 Å². The topological polar surface area (TPSA) is 84.9 Å². The summed E-state index contributed by atoms with van der Waals surface area (Å²) >= 11 is 0. The van der Waals surface area contributed by atoms with Crippen LogP contribution in [0.2, 0.25) is 0 Å². The van der Waals surface area contributed by atoms with Crippen LogP contribution >= 0.6 is 0 Å². The molecule has 8 heteroatoms. The van der Waals surface area contributed by atoms with Crippen LogP contribution in [0.3, 0.4) is 0 Å². The number of amides is 1. The Morgan fingerprint density at radius 3 is 2.58 bits per heavy atom. The summed E-state index contributed by atoms with van der Waals surface area (Å²) < 4.78 is 40.1. The molecule has 1 aliphatic carbocycles. The Morgan fingerprint density at radius 1 is 1.13 bits per heavy atom. The normalized spacial score (nSPS) is 29.5. The van der Waals surface area contributed by atoms with E-state index in [1.165, 1.54) is 11.1 Å². The number of sulfonamides is 1. The molecule has 1 aromatic carbocycles. The number of ether oxygens (including phenoxy) is 2. The molecule has 4 aliphatic rings. The maximum absolute atomic E-state index is 13.1. The zero-order valence-electron chi connectivity index (χ0n) is 18.7. The highest BCUT2D eigenvalue weighted by Crippen LogP contribution is 2.40. The van der Waals surface area contributed by atoms with Crippen LogP contribution < -0.4 is 9.46 Å². The molecule has 0 radical (unpaired) electrons. The Kier molecular flexibility index (Phi) is 6.60. The molecule has 31 heavy (non-hydrogen) atoms. The lowest BCUT2D eigenvalue weighted by atomic mass is 9.80. The molecule has 3 heterocycles. The first kappa shape index (κ1) is 22.6. The summed E-state index contributed by atoms with van der Waals surface area (Å²) in [5.41, 5.74) is 2.42. The van der Waals surface area contributed by atoms with E-state index in [-0.39, 0.29) is 30.7 Å². The number of nitrogens with one attached hydrogen (secondary N) is 1. The van der Waals surface area contributed by atoms with Crippen LogP contribution in [-0.2, 0) is 19.6 Å². The summed E-state index contributed by atoms with van der Waals surface area (Å²) in [7, 11) is -3.44. The molecule has 172 valence electrons. The van der Waals surface area contributed by atoms with Gasteiger partial charge in [-0.15, -0.1) is 0 Å². The highest BCUT2D eigenvalue weighted by Gasteiger charge is 2.40. The molecule has 1 amide bonds. The molecule has 1 unspecified atom stereocenters. The number of carbonyl (C=O) groups is 1. The standard InChI is InChI=1S/C23H34N2O5S/c1-15(2)31(27,28)24-19-11-12-25-20(19)13-29-18-9-7-17(8-10-18)23-16(3)5-4-6-21(23)30-14-22(25)26/h4-6,15,17-20,24H,7-14H2,1-3H3/t17-,18+,19?,20-/m0/s1. The molecule has 7 nitrogen and oxygen atoms in total. The molecule has 2 atom stereocenters. The number of benzene rings is 1. The van der Waals surface area contributed by atoms with Gasteiger partial charge in [-0.05, 0) is 70.4 Å². The number of rotatable bonds is 3. The number of nitrogens with zero attached hydrogens (tertiary/aromatic N) is 1. The van der Waals surface area contributed by atoms with E-state index in [4.69, 9.17) is 9.47 Å². The molecule has 1 saturated carbocycles. The van der Waals surface area contributed by atoms with Gasteiger partial charge >= 0.3 is 0 Å². The van der Waals surface area contributed by atoms with Crippen molar-refractivity contribution in [3.63, 3.8) is 0 Å². The van der Waals surface area contributed by atoms with Gasteiger partial charge in [0.25, 0.3) is 5.91 Å². The Hall–Kier alpha value is -1.64. The summed E-state index contributed by atoms with van der Waals surface area (Å²) in [6, 6.07) is 5.37. The van der Waals surface area contributed by atoms with Crippen molar-refractivity contribution in [3.05, 3.63) is 29.3 Å². The Balaban J connectivity index is 1.60. The average Bonchev–Trinajstić information content (AvgIpc) is 3.12. The summed E-state index contributed by atoms with van der Waals surface area (Å²) in [5, 5.41) is -0.522. The van der Waals surface area contributed by atoms with Gasteiger partial charge in [-0.25, -0.2) is 13.1 Å². The minimum Gasteiger partial charge on any atom is -0.483 e. The first-order chi connectivity index (χ1) is 14.8. The molecule has 2 fully saturated rings. The van der Waals surface area contributed by atoms with Gasteiger partial charge in [0.1, 0.15) is 5.75 Å². The van der Waals surface area contributed by atoms with Crippen LogP contribution in [0.15, 0.2) is 18.2 Å². The van der Waals surface area contributed by atoms with Crippen molar-refractivity contribution in [2.45, 2.75) is 82.2 Å². The zero-order valence-corrected chi connectivity index (χ0v) is 19.5. The first-order valence-electron chi connectivity index (χ1n) is 11.4. The van der Waals surface area contributed by atoms with Crippen LogP contribution in [0.5, 0.6) is 5.75 Å². The molecule has 0 spiro atoms. The van der Waals surface area contributed by atoms with E-state index in [0.29, 0.717) is 25.5 Å². The van der Waals surface area contributed by atoms with E-state index in [0.717, 1.165) is 31.4 Å². The number of carbonyl (C=O) groups excluding carboxylic acids is 1. The molecule has 0 aromatic heterocycles. The molecule has 3 aliphatic heterocycles. The SMILES string of the molecule is Cc1cccc2c1[C@H]1CC[C@H](CC1)OC[C@H]1C(NS(=O)(=O)C(C)C)CCN1C(=O)CO2. The van der Waals surface area contributed by atoms with E-state index in [1.54, 1.807) is 18.7 Å². The number of fused-ring (bicyclic) bond motifs is 5. The summed E-state index contributed by atoms with van der Waals surface area (Å²) in [4.78, 5) is 14.8. The Bertz CT molecular complexity index is 909. The molecule has 5 rings (SSSR count). The molecule has 2 bridgehead atoms.